The molecular weight excluding hydrogens is 258 g/mol. The van der Waals surface area contributed by atoms with Crippen LogP contribution < -0.4 is 5.56 Å². The summed E-state index contributed by atoms with van der Waals surface area (Å²) in [6, 6.07) is 7.28. The first-order valence-corrected chi connectivity index (χ1v) is 5.04. The van der Waals surface area contributed by atoms with Crippen LogP contribution in [0.2, 0.25) is 0 Å². The van der Waals surface area contributed by atoms with Gasteiger partial charge >= 0.3 is 0 Å². The Morgan fingerprint density at radius 1 is 1.53 bits per heavy atom. The quantitative estimate of drug-likeness (QED) is 0.787. The van der Waals surface area contributed by atoms with Gasteiger partial charge < -0.3 is 0 Å². The van der Waals surface area contributed by atoms with Gasteiger partial charge in [-0.3, -0.25) is 4.79 Å². The molecule has 0 aliphatic heterocycles. The van der Waals surface area contributed by atoms with Gasteiger partial charge in [-0.05, 0) is 12.1 Å². The van der Waals surface area contributed by atoms with E-state index in [0.29, 0.717) is 5.39 Å². The number of rotatable bonds is 1. The van der Waals surface area contributed by atoms with Crippen LogP contribution in [-0.2, 0) is 6.54 Å². The lowest BCUT2D eigenvalue weighted by Crippen LogP contribution is -2.22. The van der Waals surface area contributed by atoms with Crippen molar-refractivity contribution in [3.8, 4) is 6.07 Å². The van der Waals surface area contributed by atoms with E-state index in [-0.39, 0.29) is 12.1 Å². The van der Waals surface area contributed by atoms with Crippen molar-refractivity contribution < 1.29 is 0 Å². The molecule has 1 heterocycles. The van der Waals surface area contributed by atoms with Gasteiger partial charge in [0.2, 0.25) is 0 Å². The molecular formula is C10H6BrN3O. The Bertz CT molecular complexity index is 612. The topological polar surface area (TPSA) is 58.7 Å². The van der Waals surface area contributed by atoms with Crippen molar-refractivity contribution >= 4 is 26.7 Å². The highest BCUT2D eigenvalue weighted by molar-refractivity contribution is 9.10. The maximum atomic E-state index is 11.8. The van der Waals surface area contributed by atoms with Gasteiger partial charge in [-0.2, -0.15) is 10.4 Å². The number of fused-ring (bicyclic) bond motifs is 1. The lowest BCUT2D eigenvalue weighted by Gasteiger charge is -2.01. The molecule has 4 nitrogen and oxygen atoms in total. The van der Waals surface area contributed by atoms with Crippen molar-refractivity contribution in [3.63, 3.8) is 0 Å². The van der Waals surface area contributed by atoms with E-state index in [1.165, 1.54) is 0 Å². The Morgan fingerprint density at radius 2 is 2.33 bits per heavy atom. The number of hydrogen-bond donors (Lipinski definition) is 0. The molecule has 1 aromatic carbocycles. The van der Waals surface area contributed by atoms with Crippen LogP contribution in [0.15, 0.2) is 33.7 Å². The second-order valence-electron chi connectivity index (χ2n) is 3.00. The van der Waals surface area contributed by atoms with Crippen LogP contribution in [-0.4, -0.2) is 9.78 Å². The molecule has 0 atom stereocenters. The molecule has 0 aliphatic carbocycles. The van der Waals surface area contributed by atoms with Crippen LogP contribution in [0.4, 0.5) is 0 Å². The average molecular weight is 264 g/mol. The summed E-state index contributed by atoms with van der Waals surface area (Å²) in [5, 5.41) is 13.7. The van der Waals surface area contributed by atoms with Gasteiger partial charge in [-0.15, -0.1) is 0 Å². The minimum Gasteiger partial charge on any atom is -0.267 e. The third kappa shape index (κ3) is 1.76. The summed E-state index contributed by atoms with van der Waals surface area (Å²) in [5.41, 5.74) is -0.240. The number of benzene rings is 1. The van der Waals surface area contributed by atoms with Crippen molar-refractivity contribution in [3.05, 3.63) is 39.2 Å². The minimum absolute atomic E-state index is 0.0265. The van der Waals surface area contributed by atoms with Crippen molar-refractivity contribution in [2.45, 2.75) is 6.54 Å². The Labute approximate surface area is 93.9 Å². The van der Waals surface area contributed by atoms with E-state index in [1.807, 2.05) is 18.2 Å². The molecule has 0 spiro atoms. The highest BCUT2D eigenvalue weighted by atomic mass is 79.9. The zero-order valence-corrected chi connectivity index (χ0v) is 9.23. The number of halogens is 1. The van der Waals surface area contributed by atoms with Crippen molar-refractivity contribution in [1.29, 1.82) is 5.26 Å². The molecule has 2 rings (SSSR count). The summed E-state index contributed by atoms with van der Waals surface area (Å²) in [6.07, 6.45) is 1.58. The average Bonchev–Trinajstić information content (AvgIpc) is 2.23. The molecule has 0 bridgehead atoms. The summed E-state index contributed by atoms with van der Waals surface area (Å²) < 4.78 is 1.98. The fourth-order valence-corrected chi connectivity index (χ4v) is 1.69. The first kappa shape index (κ1) is 9.87. The maximum Gasteiger partial charge on any atom is 0.275 e. The molecule has 0 aliphatic rings. The van der Waals surface area contributed by atoms with Gasteiger partial charge in [0.1, 0.15) is 6.54 Å². The van der Waals surface area contributed by atoms with Gasteiger partial charge in [0.05, 0.1) is 17.7 Å². The summed E-state index contributed by atoms with van der Waals surface area (Å²) in [6.45, 7) is -0.0265. The first-order chi connectivity index (χ1) is 7.22. The monoisotopic (exact) mass is 263 g/mol. The van der Waals surface area contributed by atoms with E-state index < -0.39 is 0 Å². The third-order valence-electron chi connectivity index (χ3n) is 2.04. The molecule has 0 radical (unpaired) electrons. The second kappa shape index (κ2) is 3.83. The molecule has 74 valence electrons. The molecule has 0 unspecified atom stereocenters. The Kier molecular flexibility index (Phi) is 2.52. The third-order valence-corrected chi connectivity index (χ3v) is 2.53. The van der Waals surface area contributed by atoms with Crippen molar-refractivity contribution in [2.75, 3.05) is 0 Å². The molecule has 0 saturated carbocycles. The molecule has 0 saturated heterocycles. The Balaban J connectivity index is 2.78. The van der Waals surface area contributed by atoms with Gasteiger partial charge in [0.25, 0.3) is 5.56 Å². The molecule has 0 N–H and O–H groups in total. The zero-order chi connectivity index (χ0) is 10.8. The zero-order valence-electron chi connectivity index (χ0n) is 7.64. The van der Waals surface area contributed by atoms with E-state index in [1.54, 1.807) is 12.3 Å². The molecule has 15 heavy (non-hydrogen) atoms. The largest absolute Gasteiger partial charge is 0.275 e. The van der Waals surface area contributed by atoms with Crippen molar-refractivity contribution in [2.24, 2.45) is 0 Å². The van der Waals surface area contributed by atoms with Gasteiger partial charge in [-0.25, -0.2) is 4.68 Å². The Hall–Kier alpha value is -1.67. The van der Waals surface area contributed by atoms with E-state index in [0.717, 1.165) is 14.5 Å². The number of nitriles is 1. The number of hydrogen-bond acceptors (Lipinski definition) is 3. The van der Waals surface area contributed by atoms with E-state index >= 15 is 0 Å². The normalized spacial score (nSPS) is 10.1. The van der Waals surface area contributed by atoms with E-state index in [2.05, 4.69) is 21.0 Å². The van der Waals surface area contributed by atoms with Crippen molar-refractivity contribution in [1.82, 2.24) is 9.78 Å². The fraction of sp³-hybridized carbons (Fsp3) is 0.100. The molecule has 0 amide bonds. The number of aromatic nitrogens is 2. The lowest BCUT2D eigenvalue weighted by atomic mass is 10.2. The summed E-state index contributed by atoms with van der Waals surface area (Å²) in [4.78, 5) is 11.8. The first-order valence-electron chi connectivity index (χ1n) is 4.25. The Morgan fingerprint density at radius 3 is 3.07 bits per heavy atom. The van der Waals surface area contributed by atoms with Crippen LogP contribution in [0, 0.1) is 11.3 Å². The SMILES string of the molecule is N#CCn1ncc2ccc(Br)cc2c1=O. The van der Waals surface area contributed by atoms with Crippen LogP contribution in [0.1, 0.15) is 0 Å². The highest BCUT2D eigenvalue weighted by Gasteiger charge is 2.03. The summed E-state index contributed by atoms with van der Waals surface area (Å²) in [7, 11) is 0. The van der Waals surface area contributed by atoms with Gasteiger partial charge in [0.15, 0.2) is 0 Å². The summed E-state index contributed by atoms with van der Waals surface area (Å²) in [5.74, 6) is 0. The molecule has 1 aromatic heterocycles. The van der Waals surface area contributed by atoms with Crippen LogP contribution in [0.5, 0.6) is 0 Å². The van der Waals surface area contributed by atoms with E-state index in [9.17, 15) is 4.79 Å². The lowest BCUT2D eigenvalue weighted by molar-refractivity contribution is 0.667. The van der Waals surface area contributed by atoms with Crippen LogP contribution in [0.25, 0.3) is 10.8 Å². The second-order valence-corrected chi connectivity index (χ2v) is 3.91. The molecule has 0 fully saturated rings. The predicted molar refractivity (Wildman–Crippen MR) is 59.3 cm³/mol. The number of nitrogens with zero attached hydrogens (tertiary/aromatic N) is 3. The van der Waals surface area contributed by atoms with Crippen LogP contribution in [0.3, 0.4) is 0 Å². The van der Waals surface area contributed by atoms with Crippen LogP contribution >= 0.6 is 15.9 Å². The van der Waals surface area contributed by atoms with Gasteiger partial charge in [-0.1, -0.05) is 22.0 Å². The maximum absolute atomic E-state index is 11.8. The summed E-state index contributed by atoms with van der Waals surface area (Å²) >= 11 is 3.30. The van der Waals surface area contributed by atoms with E-state index in [4.69, 9.17) is 5.26 Å². The predicted octanol–water partition coefficient (Wildman–Crippen LogP) is 1.68. The standard InChI is InChI=1S/C10H6BrN3O/c11-8-2-1-7-6-13-14(4-3-12)10(15)9(7)5-8/h1-2,5-6H,4H2. The van der Waals surface area contributed by atoms with Gasteiger partial charge in [0, 0.05) is 9.86 Å². The minimum atomic E-state index is -0.240. The smallest absolute Gasteiger partial charge is 0.267 e. The molecule has 2 aromatic rings. The molecule has 5 heteroatoms. The highest BCUT2D eigenvalue weighted by Crippen LogP contribution is 2.15. The fourth-order valence-electron chi connectivity index (χ4n) is 1.33.